The number of nitrogens with zero attached hydrogens (tertiary/aromatic N) is 3. The van der Waals surface area contributed by atoms with Crippen LogP contribution in [-0.4, -0.2) is 57.7 Å². The van der Waals surface area contributed by atoms with Crippen molar-refractivity contribution in [2.75, 3.05) is 33.6 Å². The van der Waals surface area contributed by atoms with Crippen LogP contribution in [0.1, 0.15) is 22.5 Å². The second-order valence-corrected chi connectivity index (χ2v) is 8.90. The summed E-state index contributed by atoms with van der Waals surface area (Å²) in [6.07, 6.45) is 1.97. The first-order valence-corrected chi connectivity index (χ1v) is 11.4. The monoisotopic (exact) mass is 421 g/mol. The minimum absolute atomic E-state index is 0.337. The molecule has 9 heteroatoms. The molecule has 0 fully saturated rings. The second-order valence-electron chi connectivity index (χ2n) is 6.88. The lowest BCUT2D eigenvalue weighted by Gasteiger charge is -2.12. The fraction of sp³-hybridized carbons (Fsp3) is 0.500. The van der Waals surface area contributed by atoms with E-state index in [-0.39, 0.29) is 0 Å². The van der Waals surface area contributed by atoms with Crippen molar-refractivity contribution < 1.29 is 13.2 Å². The van der Waals surface area contributed by atoms with Gasteiger partial charge in [-0.2, -0.15) is 5.10 Å². The Kier molecular flexibility index (Phi) is 8.21. The third-order valence-electron chi connectivity index (χ3n) is 4.75. The number of aliphatic imine (C=N–C) groups is 1. The van der Waals surface area contributed by atoms with Crippen LogP contribution in [0, 0.1) is 13.8 Å². The number of benzene rings is 1. The van der Waals surface area contributed by atoms with Crippen molar-refractivity contribution in [3.05, 3.63) is 46.8 Å². The molecule has 0 spiro atoms. The minimum Gasteiger partial charge on any atom is -0.383 e. The summed E-state index contributed by atoms with van der Waals surface area (Å²) in [5.41, 5.74) is 4.33. The molecule has 0 aliphatic carbocycles. The van der Waals surface area contributed by atoms with E-state index in [1.54, 1.807) is 26.3 Å². The highest BCUT2D eigenvalue weighted by atomic mass is 32.2. The molecule has 160 valence electrons. The summed E-state index contributed by atoms with van der Waals surface area (Å²) in [7, 11) is 0.258. The molecule has 0 aliphatic rings. The molecule has 2 rings (SSSR count). The maximum atomic E-state index is 11.5. The molecular formula is C20H31N5O3S. The first-order valence-electron chi connectivity index (χ1n) is 9.51. The van der Waals surface area contributed by atoms with Gasteiger partial charge in [0.15, 0.2) is 15.8 Å². The van der Waals surface area contributed by atoms with E-state index >= 15 is 0 Å². The van der Waals surface area contributed by atoms with Crippen LogP contribution < -0.4 is 10.6 Å². The zero-order chi connectivity index (χ0) is 21.4. The Labute approximate surface area is 173 Å². The molecule has 1 aromatic carbocycles. The molecule has 0 aliphatic heterocycles. The van der Waals surface area contributed by atoms with Crippen molar-refractivity contribution in [1.29, 1.82) is 0 Å². The first-order chi connectivity index (χ1) is 13.8. The number of rotatable bonds is 9. The molecule has 0 unspecified atom stereocenters. The topological polar surface area (TPSA) is 97.6 Å². The lowest BCUT2D eigenvalue weighted by molar-refractivity contribution is 0.182. The smallest absolute Gasteiger partial charge is 0.191 e. The van der Waals surface area contributed by atoms with Crippen molar-refractivity contribution in [3.8, 4) is 0 Å². The van der Waals surface area contributed by atoms with E-state index in [9.17, 15) is 8.42 Å². The average Bonchev–Trinajstić information content (AvgIpc) is 2.95. The number of guanidine groups is 1. The summed E-state index contributed by atoms with van der Waals surface area (Å²) in [5.74, 6) is 0.709. The predicted octanol–water partition coefficient (Wildman–Crippen LogP) is 1.46. The highest BCUT2D eigenvalue weighted by Gasteiger charge is 2.12. The van der Waals surface area contributed by atoms with E-state index in [2.05, 4.69) is 27.6 Å². The Balaban J connectivity index is 1.86. The van der Waals surface area contributed by atoms with Gasteiger partial charge in [0, 0.05) is 44.8 Å². The highest BCUT2D eigenvalue weighted by molar-refractivity contribution is 7.90. The summed E-state index contributed by atoms with van der Waals surface area (Å²) in [4.78, 5) is 4.60. The summed E-state index contributed by atoms with van der Waals surface area (Å²) < 4.78 is 30.2. The standard InChI is InChI=1S/C20H31N5O3S/c1-15-19(16(2)25(24-15)12-13-28-4)14-23-20(21-3)22-11-10-17-6-8-18(9-7-17)29(5,26)27/h6-9H,10-14H2,1-5H3,(H2,21,22,23). The van der Waals surface area contributed by atoms with Gasteiger partial charge in [0.1, 0.15) is 0 Å². The average molecular weight is 422 g/mol. The van der Waals surface area contributed by atoms with Crippen molar-refractivity contribution in [1.82, 2.24) is 20.4 Å². The van der Waals surface area contributed by atoms with Gasteiger partial charge in [0.2, 0.25) is 0 Å². The molecule has 29 heavy (non-hydrogen) atoms. The number of aryl methyl sites for hydroxylation is 1. The quantitative estimate of drug-likeness (QED) is 0.470. The van der Waals surface area contributed by atoms with Crippen LogP contribution >= 0.6 is 0 Å². The molecular weight excluding hydrogens is 390 g/mol. The van der Waals surface area contributed by atoms with Crippen LogP contribution in [0.3, 0.4) is 0 Å². The van der Waals surface area contributed by atoms with Gasteiger partial charge >= 0.3 is 0 Å². The van der Waals surface area contributed by atoms with Crippen LogP contribution in [0.2, 0.25) is 0 Å². The molecule has 0 atom stereocenters. The number of hydrogen-bond donors (Lipinski definition) is 2. The molecule has 0 amide bonds. The van der Waals surface area contributed by atoms with Crippen LogP contribution in [0.4, 0.5) is 0 Å². The Morgan fingerprint density at radius 1 is 1.21 bits per heavy atom. The third-order valence-corrected chi connectivity index (χ3v) is 5.88. The van der Waals surface area contributed by atoms with Gasteiger partial charge < -0.3 is 15.4 Å². The Bertz CT molecular complexity index is 934. The highest BCUT2D eigenvalue weighted by Crippen LogP contribution is 2.13. The van der Waals surface area contributed by atoms with E-state index in [4.69, 9.17) is 4.74 Å². The number of hydrogen-bond acceptors (Lipinski definition) is 5. The van der Waals surface area contributed by atoms with Crippen molar-refractivity contribution in [2.45, 2.75) is 38.3 Å². The van der Waals surface area contributed by atoms with Crippen molar-refractivity contribution in [2.24, 2.45) is 4.99 Å². The van der Waals surface area contributed by atoms with E-state index in [1.807, 2.05) is 23.7 Å². The Morgan fingerprint density at radius 3 is 2.48 bits per heavy atom. The molecule has 1 heterocycles. The van der Waals surface area contributed by atoms with Gasteiger partial charge in [-0.1, -0.05) is 12.1 Å². The molecule has 2 aromatic rings. The van der Waals surface area contributed by atoms with Gasteiger partial charge in [-0.25, -0.2) is 8.42 Å². The number of nitrogens with one attached hydrogen (secondary N) is 2. The SMILES string of the molecule is CN=C(NCCc1ccc(S(C)(=O)=O)cc1)NCc1c(C)nn(CCOC)c1C. The van der Waals surface area contributed by atoms with E-state index in [0.717, 1.165) is 35.5 Å². The van der Waals surface area contributed by atoms with E-state index in [0.29, 0.717) is 30.6 Å². The largest absolute Gasteiger partial charge is 0.383 e. The fourth-order valence-electron chi connectivity index (χ4n) is 3.01. The van der Waals surface area contributed by atoms with Gasteiger partial charge in [-0.3, -0.25) is 9.67 Å². The first kappa shape index (κ1) is 22.9. The van der Waals surface area contributed by atoms with E-state index in [1.165, 1.54) is 6.26 Å². The normalized spacial score (nSPS) is 12.2. The summed E-state index contributed by atoms with van der Waals surface area (Å²) in [5, 5.41) is 11.2. The lowest BCUT2D eigenvalue weighted by Crippen LogP contribution is -2.38. The zero-order valence-electron chi connectivity index (χ0n) is 17.8. The molecule has 0 bridgehead atoms. The molecule has 0 saturated heterocycles. The third kappa shape index (κ3) is 6.57. The predicted molar refractivity (Wildman–Crippen MR) is 115 cm³/mol. The number of sulfone groups is 1. The Hall–Kier alpha value is -2.39. The molecule has 0 radical (unpaired) electrons. The number of ether oxygens (including phenoxy) is 1. The van der Waals surface area contributed by atoms with E-state index < -0.39 is 9.84 Å². The van der Waals surface area contributed by atoms with Gasteiger partial charge in [0.25, 0.3) is 0 Å². The molecule has 0 saturated carbocycles. The summed E-state index contributed by atoms with van der Waals surface area (Å²) in [6.45, 7) is 6.74. The van der Waals surface area contributed by atoms with Gasteiger partial charge in [0.05, 0.1) is 23.7 Å². The summed E-state index contributed by atoms with van der Waals surface area (Å²) >= 11 is 0. The number of methoxy groups -OCH3 is 1. The lowest BCUT2D eigenvalue weighted by atomic mass is 10.1. The van der Waals surface area contributed by atoms with Gasteiger partial charge in [-0.05, 0) is 38.0 Å². The number of aromatic nitrogens is 2. The molecule has 1 aromatic heterocycles. The summed E-state index contributed by atoms with van der Waals surface area (Å²) in [6, 6.07) is 6.97. The molecule has 2 N–H and O–H groups in total. The van der Waals surface area contributed by atoms with Crippen molar-refractivity contribution >= 4 is 15.8 Å². The van der Waals surface area contributed by atoms with Gasteiger partial charge in [-0.15, -0.1) is 0 Å². The maximum absolute atomic E-state index is 11.5. The fourth-order valence-corrected chi connectivity index (χ4v) is 3.64. The second kappa shape index (κ2) is 10.4. The maximum Gasteiger partial charge on any atom is 0.191 e. The molecule has 8 nitrogen and oxygen atoms in total. The van der Waals surface area contributed by atoms with Crippen LogP contribution in [-0.2, 0) is 34.1 Å². The Morgan fingerprint density at radius 2 is 1.90 bits per heavy atom. The van der Waals surface area contributed by atoms with Crippen LogP contribution in [0.25, 0.3) is 0 Å². The van der Waals surface area contributed by atoms with Crippen LogP contribution in [0.5, 0.6) is 0 Å². The zero-order valence-corrected chi connectivity index (χ0v) is 18.6. The van der Waals surface area contributed by atoms with Crippen molar-refractivity contribution in [3.63, 3.8) is 0 Å². The minimum atomic E-state index is -3.16. The van der Waals surface area contributed by atoms with Crippen LogP contribution in [0.15, 0.2) is 34.2 Å².